The standard InChI is InChI=1S/C20H20N6O5/c1-4-31-19(28)17-21-24(13-9-11-14(12-10-13)26(29)30)20-22(2)16-8-6-5-7-15(16)18(27)23(3)25(17)20/h5-12,20H,4H2,1-3H3. The van der Waals surface area contributed by atoms with Gasteiger partial charge in [-0.2, -0.15) is 0 Å². The van der Waals surface area contributed by atoms with Crippen LogP contribution in [0.25, 0.3) is 0 Å². The average molecular weight is 424 g/mol. The molecule has 2 aromatic rings. The van der Waals surface area contributed by atoms with Gasteiger partial charge in [0.2, 0.25) is 6.29 Å². The van der Waals surface area contributed by atoms with Crippen LogP contribution in [0, 0.1) is 10.1 Å². The number of hydrazine groups is 1. The summed E-state index contributed by atoms with van der Waals surface area (Å²) >= 11 is 0. The number of carbonyl (C=O) groups is 2. The molecule has 0 bridgehead atoms. The number of esters is 1. The molecule has 2 aliphatic rings. The van der Waals surface area contributed by atoms with Crippen LogP contribution in [0.4, 0.5) is 17.1 Å². The van der Waals surface area contributed by atoms with Crippen LogP contribution in [0.3, 0.4) is 0 Å². The number of fused-ring (bicyclic) bond motifs is 2. The zero-order valence-corrected chi connectivity index (χ0v) is 17.1. The fraction of sp³-hybridized carbons (Fsp3) is 0.250. The maximum absolute atomic E-state index is 13.2. The van der Waals surface area contributed by atoms with Crippen LogP contribution in [-0.4, -0.2) is 59.6 Å². The van der Waals surface area contributed by atoms with E-state index in [-0.39, 0.29) is 24.0 Å². The highest BCUT2D eigenvalue weighted by atomic mass is 16.6. The summed E-state index contributed by atoms with van der Waals surface area (Å²) in [5.74, 6) is -1.07. The molecule has 11 heteroatoms. The number of nitrogens with zero attached hydrogens (tertiary/aromatic N) is 6. The third kappa shape index (κ3) is 3.19. The van der Waals surface area contributed by atoms with Gasteiger partial charge in [0.15, 0.2) is 0 Å². The minimum atomic E-state index is -0.724. The van der Waals surface area contributed by atoms with Gasteiger partial charge in [0.05, 0.1) is 28.5 Å². The fourth-order valence-corrected chi connectivity index (χ4v) is 3.64. The normalized spacial score (nSPS) is 17.7. The molecule has 31 heavy (non-hydrogen) atoms. The third-order valence-electron chi connectivity index (χ3n) is 5.12. The molecule has 0 N–H and O–H groups in total. The smallest absolute Gasteiger partial charge is 0.377 e. The molecule has 0 aliphatic carbocycles. The number of benzene rings is 2. The van der Waals surface area contributed by atoms with E-state index in [0.29, 0.717) is 16.9 Å². The largest absolute Gasteiger partial charge is 0.460 e. The SMILES string of the molecule is CCOC(=O)C1=NN(c2ccc([N+](=O)[O-])cc2)C2N(C)c3ccccc3C(=O)N(C)N12. The Morgan fingerprint density at radius 1 is 1.16 bits per heavy atom. The van der Waals surface area contributed by atoms with E-state index in [0.717, 1.165) is 0 Å². The molecule has 1 unspecified atom stereocenters. The highest BCUT2D eigenvalue weighted by Crippen LogP contribution is 2.36. The Morgan fingerprint density at radius 3 is 2.48 bits per heavy atom. The van der Waals surface area contributed by atoms with Crippen LogP contribution in [0.5, 0.6) is 0 Å². The summed E-state index contributed by atoms with van der Waals surface area (Å²) < 4.78 is 5.16. The van der Waals surface area contributed by atoms with Crippen molar-refractivity contribution in [2.24, 2.45) is 5.10 Å². The first-order valence-electron chi connectivity index (χ1n) is 9.53. The maximum atomic E-state index is 13.2. The molecule has 160 valence electrons. The van der Waals surface area contributed by atoms with Gasteiger partial charge in [0.1, 0.15) is 0 Å². The number of anilines is 2. The number of carbonyl (C=O) groups excluding carboxylic acids is 2. The molecule has 0 radical (unpaired) electrons. The Morgan fingerprint density at radius 2 is 1.84 bits per heavy atom. The van der Waals surface area contributed by atoms with Gasteiger partial charge >= 0.3 is 5.97 Å². The molecule has 2 aliphatic heterocycles. The van der Waals surface area contributed by atoms with Crippen molar-refractivity contribution in [1.29, 1.82) is 0 Å². The van der Waals surface area contributed by atoms with Gasteiger partial charge in [0, 0.05) is 26.2 Å². The van der Waals surface area contributed by atoms with Crippen LogP contribution in [0.2, 0.25) is 0 Å². The number of hydrazone groups is 1. The number of amidine groups is 1. The summed E-state index contributed by atoms with van der Waals surface area (Å²) in [6.45, 7) is 1.82. The molecule has 0 saturated carbocycles. The lowest BCUT2D eigenvalue weighted by atomic mass is 10.1. The van der Waals surface area contributed by atoms with Crippen molar-refractivity contribution >= 4 is 34.8 Å². The van der Waals surface area contributed by atoms with Crippen molar-refractivity contribution in [1.82, 2.24) is 10.0 Å². The number of para-hydroxylation sites is 1. The lowest BCUT2D eigenvalue weighted by molar-refractivity contribution is -0.384. The topological polar surface area (TPSA) is 112 Å². The van der Waals surface area contributed by atoms with E-state index >= 15 is 0 Å². The first kappa shape index (κ1) is 20.1. The summed E-state index contributed by atoms with van der Waals surface area (Å²) in [6.07, 6.45) is -0.724. The summed E-state index contributed by atoms with van der Waals surface area (Å²) in [5, 5.41) is 19.8. The van der Waals surface area contributed by atoms with Gasteiger partial charge in [-0.15, -0.1) is 5.10 Å². The first-order chi connectivity index (χ1) is 14.8. The van der Waals surface area contributed by atoms with E-state index in [9.17, 15) is 19.7 Å². The second kappa shape index (κ2) is 7.59. The summed E-state index contributed by atoms with van der Waals surface area (Å²) in [6, 6.07) is 12.9. The van der Waals surface area contributed by atoms with Crippen molar-refractivity contribution in [2.45, 2.75) is 13.2 Å². The van der Waals surface area contributed by atoms with Crippen LogP contribution < -0.4 is 9.91 Å². The zero-order chi connectivity index (χ0) is 22.3. The van der Waals surface area contributed by atoms with Crippen LogP contribution in [0.15, 0.2) is 53.6 Å². The summed E-state index contributed by atoms with van der Waals surface area (Å²) in [7, 11) is 3.34. The van der Waals surface area contributed by atoms with Gasteiger partial charge in [-0.3, -0.25) is 14.9 Å². The number of nitro groups is 1. The minimum Gasteiger partial charge on any atom is -0.460 e. The predicted molar refractivity (Wildman–Crippen MR) is 112 cm³/mol. The molecule has 4 rings (SSSR count). The highest BCUT2D eigenvalue weighted by molar-refractivity contribution is 6.36. The molecular weight excluding hydrogens is 404 g/mol. The Bertz CT molecular complexity index is 1090. The number of hydrogen-bond donors (Lipinski definition) is 0. The quantitative estimate of drug-likeness (QED) is 0.416. The van der Waals surface area contributed by atoms with E-state index in [2.05, 4.69) is 5.10 Å². The lowest BCUT2D eigenvalue weighted by Crippen LogP contribution is -2.59. The minimum absolute atomic E-state index is 0.0683. The van der Waals surface area contributed by atoms with Gasteiger partial charge in [-0.05, 0) is 31.2 Å². The highest BCUT2D eigenvalue weighted by Gasteiger charge is 2.48. The molecule has 1 atom stereocenters. The van der Waals surface area contributed by atoms with Crippen LogP contribution in [0.1, 0.15) is 17.3 Å². The van der Waals surface area contributed by atoms with Gasteiger partial charge in [-0.25, -0.2) is 19.8 Å². The van der Waals surface area contributed by atoms with Crippen LogP contribution in [-0.2, 0) is 9.53 Å². The summed E-state index contributed by atoms with van der Waals surface area (Å²) in [4.78, 5) is 38.2. The van der Waals surface area contributed by atoms with E-state index in [1.54, 1.807) is 51.4 Å². The van der Waals surface area contributed by atoms with E-state index in [4.69, 9.17) is 4.74 Å². The zero-order valence-electron chi connectivity index (χ0n) is 17.1. The lowest BCUT2D eigenvalue weighted by Gasteiger charge is -2.39. The van der Waals surface area contributed by atoms with Crippen molar-refractivity contribution < 1.29 is 19.2 Å². The monoisotopic (exact) mass is 424 g/mol. The van der Waals surface area contributed by atoms with E-state index in [1.165, 1.54) is 27.2 Å². The van der Waals surface area contributed by atoms with Crippen molar-refractivity contribution in [3.05, 3.63) is 64.2 Å². The molecule has 0 spiro atoms. The maximum Gasteiger partial charge on any atom is 0.377 e. The van der Waals surface area contributed by atoms with Crippen LogP contribution >= 0.6 is 0 Å². The predicted octanol–water partition coefficient (Wildman–Crippen LogP) is 2.01. The van der Waals surface area contributed by atoms with Crippen molar-refractivity contribution in [3.8, 4) is 0 Å². The molecule has 0 saturated heterocycles. The first-order valence-corrected chi connectivity index (χ1v) is 9.53. The summed E-state index contributed by atoms with van der Waals surface area (Å²) in [5.41, 5.74) is 1.56. The van der Waals surface area contributed by atoms with E-state index in [1.807, 2.05) is 11.0 Å². The number of nitro benzene ring substituents is 1. The number of non-ortho nitro benzene ring substituents is 1. The molecular formula is C20H20N6O5. The number of ether oxygens (including phenoxy) is 1. The molecule has 2 aromatic carbocycles. The van der Waals surface area contributed by atoms with Gasteiger partial charge in [-0.1, -0.05) is 12.1 Å². The Balaban J connectivity index is 1.86. The number of rotatable bonds is 4. The van der Waals surface area contributed by atoms with Crippen molar-refractivity contribution in [2.75, 3.05) is 30.6 Å². The molecule has 11 nitrogen and oxygen atoms in total. The Labute approximate surface area is 177 Å². The number of hydrogen-bond acceptors (Lipinski definition) is 9. The van der Waals surface area contributed by atoms with Gasteiger partial charge in [0.25, 0.3) is 17.4 Å². The Hall–Kier alpha value is -4.15. The molecule has 1 amide bonds. The van der Waals surface area contributed by atoms with Gasteiger partial charge < -0.3 is 9.64 Å². The molecule has 0 aromatic heterocycles. The third-order valence-corrected chi connectivity index (χ3v) is 5.12. The van der Waals surface area contributed by atoms with E-state index < -0.39 is 17.2 Å². The molecule has 0 fully saturated rings. The second-order valence-corrected chi connectivity index (χ2v) is 6.91. The Kier molecular flexibility index (Phi) is 4.93. The second-order valence-electron chi connectivity index (χ2n) is 6.91. The molecule has 2 heterocycles. The fourth-order valence-electron chi connectivity index (χ4n) is 3.64. The number of amides is 1. The average Bonchev–Trinajstić information content (AvgIpc) is 3.15. The van der Waals surface area contributed by atoms with Crippen molar-refractivity contribution in [3.63, 3.8) is 0 Å².